The van der Waals surface area contributed by atoms with Gasteiger partial charge in [0, 0.05) is 10.2 Å². The summed E-state index contributed by atoms with van der Waals surface area (Å²) in [5, 5.41) is 3.27. The summed E-state index contributed by atoms with van der Waals surface area (Å²) in [6, 6.07) is 9.66. The van der Waals surface area contributed by atoms with Crippen molar-refractivity contribution in [2.45, 2.75) is 26.9 Å². The standard InChI is InChI=1S/C15H18BrN3O/c1-9(2)20-15-12(17)5-7-14(19-15)18-13-6-4-11(16)8-10(13)3/h4-9H,17H2,1-3H3,(H,18,19). The zero-order valence-electron chi connectivity index (χ0n) is 11.8. The van der Waals surface area contributed by atoms with Gasteiger partial charge in [0.1, 0.15) is 5.82 Å². The fourth-order valence-electron chi connectivity index (χ4n) is 1.74. The first-order valence-electron chi connectivity index (χ1n) is 6.42. The molecular weight excluding hydrogens is 318 g/mol. The number of benzene rings is 1. The average molecular weight is 336 g/mol. The first-order valence-corrected chi connectivity index (χ1v) is 7.21. The van der Waals surface area contributed by atoms with Crippen LogP contribution in [0.5, 0.6) is 5.88 Å². The molecule has 4 nitrogen and oxygen atoms in total. The molecule has 0 spiro atoms. The molecule has 0 radical (unpaired) electrons. The highest BCUT2D eigenvalue weighted by Gasteiger charge is 2.07. The van der Waals surface area contributed by atoms with Crippen molar-refractivity contribution in [3.05, 3.63) is 40.4 Å². The smallest absolute Gasteiger partial charge is 0.239 e. The number of aryl methyl sites for hydroxylation is 1. The molecule has 0 unspecified atom stereocenters. The largest absolute Gasteiger partial charge is 0.473 e. The van der Waals surface area contributed by atoms with Crippen LogP contribution in [0.25, 0.3) is 0 Å². The second-order valence-electron chi connectivity index (χ2n) is 4.84. The summed E-state index contributed by atoms with van der Waals surface area (Å²) < 4.78 is 6.64. The van der Waals surface area contributed by atoms with Gasteiger partial charge in [-0.25, -0.2) is 0 Å². The van der Waals surface area contributed by atoms with Crippen molar-refractivity contribution in [2.75, 3.05) is 11.1 Å². The molecule has 106 valence electrons. The van der Waals surface area contributed by atoms with E-state index in [9.17, 15) is 0 Å². The van der Waals surface area contributed by atoms with E-state index in [1.54, 1.807) is 6.07 Å². The number of hydrogen-bond donors (Lipinski definition) is 2. The molecule has 0 saturated heterocycles. The van der Waals surface area contributed by atoms with Crippen LogP contribution < -0.4 is 15.8 Å². The summed E-state index contributed by atoms with van der Waals surface area (Å²) >= 11 is 3.45. The summed E-state index contributed by atoms with van der Waals surface area (Å²) in [6.07, 6.45) is 0.0365. The predicted molar refractivity (Wildman–Crippen MR) is 86.6 cm³/mol. The van der Waals surface area contributed by atoms with Crippen LogP contribution in [0.1, 0.15) is 19.4 Å². The minimum Gasteiger partial charge on any atom is -0.473 e. The summed E-state index contributed by atoms with van der Waals surface area (Å²) in [5.41, 5.74) is 8.53. The Labute approximate surface area is 127 Å². The first-order chi connectivity index (χ1) is 9.45. The molecule has 0 atom stereocenters. The number of hydrogen-bond acceptors (Lipinski definition) is 4. The van der Waals surface area contributed by atoms with Gasteiger partial charge in [-0.1, -0.05) is 15.9 Å². The average Bonchev–Trinajstić information content (AvgIpc) is 2.36. The third-order valence-electron chi connectivity index (χ3n) is 2.69. The Balaban J connectivity index is 2.25. The number of pyridine rings is 1. The van der Waals surface area contributed by atoms with Crippen LogP contribution in [0.2, 0.25) is 0 Å². The number of ether oxygens (including phenoxy) is 1. The van der Waals surface area contributed by atoms with Gasteiger partial charge in [0.25, 0.3) is 0 Å². The highest BCUT2D eigenvalue weighted by Crippen LogP contribution is 2.26. The monoisotopic (exact) mass is 335 g/mol. The van der Waals surface area contributed by atoms with Gasteiger partial charge in [-0.15, -0.1) is 0 Å². The third kappa shape index (κ3) is 3.63. The van der Waals surface area contributed by atoms with Crippen LogP contribution in [0, 0.1) is 6.92 Å². The van der Waals surface area contributed by atoms with E-state index in [0.29, 0.717) is 17.4 Å². The van der Waals surface area contributed by atoms with E-state index >= 15 is 0 Å². The fourth-order valence-corrected chi connectivity index (χ4v) is 2.22. The number of nitrogens with two attached hydrogens (primary N) is 1. The molecule has 0 aliphatic rings. The maximum Gasteiger partial charge on any atom is 0.239 e. The molecule has 5 heteroatoms. The lowest BCUT2D eigenvalue weighted by Gasteiger charge is -2.14. The van der Waals surface area contributed by atoms with E-state index in [-0.39, 0.29) is 6.10 Å². The molecule has 0 aliphatic carbocycles. The van der Waals surface area contributed by atoms with E-state index < -0.39 is 0 Å². The zero-order valence-corrected chi connectivity index (χ0v) is 13.4. The van der Waals surface area contributed by atoms with Crippen molar-refractivity contribution < 1.29 is 4.74 Å². The molecule has 0 amide bonds. The van der Waals surface area contributed by atoms with E-state index in [1.165, 1.54) is 0 Å². The predicted octanol–water partition coefficient (Wildman–Crippen LogP) is 4.27. The van der Waals surface area contributed by atoms with Crippen LogP contribution >= 0.6 is 15.9 Å². The van der Waals surface area contributed by atoms with Crippen LogP contribution in [0.15, 0.2) is 34.8 Å². The van der Waals surface area contributed by atoms with Gasteiger partial charge in [-0.3, -0.25) is 0 Å². The van der Waals surface area contributed by atoms with Gasteiger partial charge >= 0.3 is 0 Å². The van der Waals surface area contributed by atoms with Gasteiger partial charge in [0.05, 0.1) is 11.8 Å². The number of anilines is 3. The lowest BCUT2D eigenvalue weighted by Crippen LogP contribution is -2.09. The maximum atomic E-state index is 5.86. The van der Waals surface area contributed by atoms with Crippen molar-refractivity contribution in [1.29, 1.82) is 0 Å². The second kappa shape index (κ2) is 6.13. The Bertz CT molecular complexity index is 614. The zero-order chi connectivity index (χ0) is 14.7. The summed E-state index contributed by atoms with van der Waals surface area (Å²) in [4.78, 5) is 4.40. The van der Waals surface area contributed by atoms with Crippen molar-refractivity contribution in [3.63, 3.8) is 0 Å². The normalized spacial score (nSPS) is 10.7. The number of nitrogens with one attached hydrogen (secondary N) is 1. The van der Waals surface area contributed by atoms with E-state index in [1.807, 2.05) is 45.0 Å². The summed E-state index contributed by atoms with van der Waals surface area (Å²) in [7, 11) is 0. The van der Waals surface area contributed by atoms with Gasteiger partial charge in [0.15, 0.2) is 0 Å². The maximum absolute atomic E-state index is 5.86. The highest BCUT2D eigenvalue weighted by molar-refractivity contribution is 9.10. The lowest BCUT2D eigenvalue weighted by atomic mass is 10.2. The van der Waals surface area contributed by atoms with Crippen molar-refractivity contribution in [1.82, 2.24) is 4.98 Å². The molecular formula is C15H18BrN3O. The van der Waals surface area contributed by atoms with E-state index in [2.05, 4.69) is 26.2 Å². The number of aromatic nitrogens is 1. The molecule has 0 bridgehead atoms. The van der Waals surface area contributed by atoms with E-state index in [0.717, 1.165) is 15.7 Å². The molecule has 0 fully saturated rings. The molecule has 20 heavy (non-hydrogen) atoms. The Hall–Kier alpha value is -1.75. The summed E-state index contributed by atoms with van der Waals surface area (Å²) in [6.45, 7) is 5.93. The Morgan fingerprint density at radius 1 is 1.25 bits per heavy atom. The molecule has 3 N–H and O–H groups in total. The molecule has 0 saturated carbocycles. The minimum atomic E-state index is 0.0365. The number of rotatable bonds is 4. The van der Waals surface area contributed by atoms with Crippen LogP contribution in [0.3, 0.4) is 0 Å². The van der Waals surface area contributed by atoms with Crippen LogP contribution in [-0.4, -0.2) is 11.1 Å². The van der Waals surface area contributed by atoms with Crippen LogP contribution in [-0.2, 0) is 0 Å². The van der Waals surface area contributed by atoms with Crippen molar-refractivity contribution >= 4 is 33.1 Å². The first kappa shape index (κ1) is 14.7. The summed E-state index contributed by atoms with van der Waals surface area (Å²) in [5.74, 6) is 1.17. The van der Waals surface area contributed by atoms with Gasteiger partial charge < -0.3 is 15.8 Å². The molecule has 0 aliphatic heterocycles. The molecule has 2 aromatic rings. The molecule has 1 aromatic carbocycles. The van der Waals surface area contributed by atoms with Gasteiger partial charge in [0.2, 0.25) is 5.88 Å². The van der Waals surface area contributed by atoms with Crippen molar-refractivity contribution in [3.8, 4) is 5.88 Å². The van der Waals surface area contributed by atoms with Gasteiger partial charge in [-0.05, 0) is 56.7 Å². The Morgan fingerprint density at radius 3 is 2.65 bits per heavy atom. The fraction of sp³-hybridized carbons (Fsp3) is 0.267. The topological polar surface area (TPSA) is 60.2 Å². The Kier molecular flexibility index (Phi) is 4.49. The van der Waals surface area contributed by atoms with E-state index in [4.69, 9.17) is 10.5 Å². The second-order valence-corrected chi connectivity index (χ2v) is 5.76. The van der Waals surface area contributed by atoms with Crippen molar-refractivity contribution in [2.24, 2.45) is 0 Å². The minimum absolute atomic E-state index is 0.0365. The highest BCUT2D eigenvalue weighted by atomic mass is 79.9. The molecule has 1 heterocycles. The number of nitrogens with zero attached hydrogens (tertiary/aromatic N) is 1. The molecule has 1 aromatic heterocycles. The lowest BCUT2D eigenvalue weighted by molar-refractivity contribution is 0.234. The van der Waals surface area contributed by atoms with Gasteiger partial charge in [-0.2, -0.15) is 4.98 Å². The number of nitrogen functional groups attached to an aromatic ring is 1. The quantitative estimate of drug-likeness (QED) is 0.876. The van der Waals surface area contributed by atoms with Crippen LogP contribution in [0.4, 0.5) is 17.2 Å². The third-order valence-corrected chi connectivity index (χ3v) is 3.18. The SMILES string of the molecule is Cc1cc(Br)ccc1Nc1ccc(N)c(OC(C)C)n1. The molecule has 2 rings (SSSR count). The Morgan fingerprint density at radius 2 is 2.00 bits per heavy atom. The number of halogens is 1.